The van der Waals surface area contributed by atoms with Crippen molar-refractivity contribution >= 4 is 34.8 Å². The van der Waals surface area contributed by atoms with Crippen LogP contribution in [0.25, 0.3) is 0 Å². The molecular weight excluding hydrogens is 454 g/mol. The highest BCUT2D eigenvalue weighted by molar-refractivity contribution is 6.31. The van der Waals surface area contributed by atoms with Crippen molar-refractivity contribution in [1.82, 2.24) is 4.98 Å². The lowest BCUT2D eigenvalue weighted by Crippen LogP contribution is -2.41. The third-order valence-electron chi connectivity index (χ3n) is 6.77. The smallest absolute Gasteiger partial charge is 0.232 e. The first kappa shape index (κ1) is 22.6. The largest absolute Gasteiger partial charge is 0.446 e. The first-order chi connectivity index (χ1) is 16.3. The maximum Gasteiger partial charge on any atom is 0.232 e. The molecule has 1 saturated heterocycles. The number of hydrogen-bond donors (Lipinski definition) is 1. The molecule has 0 bridgehead atoms. The number of rotatable bonds is 5. The number of aliphatic hydroxyl groups excluding tert-OH is 1. The predicted octanol–water partition coefficient (Wildman–Crippen LogP) is 3.88. The maximum atomic E-state index is 13.6. The molecule has 8 heteroatoms. The average molecular weight is 480 g/mol. The molecule has 2 aliphatic rings. The van der Waals surface area contributed by atoms with E-state index in [1.165, 1.54) is 0 Å². The number of benzene rings is 2. The monoisotopic (exact) mass is 479 g/mol. The summed E-state index contributed by atoms with van der Waals surface area (Å²) in [6.45, 7) is 4.35. The Balaban J connectivity index is 1.40. The van der Waals surface area contributed by atoms with Gasteiger partial charge < -0.3 is 19.3 Å². The standard InChI is InChI=1S/C26H26ClN3O4/c1-16-28-12-21(34-16)8-17-6-7-23-22(9-17)26(2,15-31)14-30(23)25(33)18-10-24(32)29(13-18)20-5-3-4-19(27)11-20/h3-7,9,11-12,18,31H,8,10,13-15H2,1-2H3. The number of halogens is 1. The van der Waals surface area contributed by atoms with E-state index in [4.69, 9.17) is 16.0 Å². The summed E-state index contributed by atoms with van der Waals surface area (Å²) in [6.07, 6.45) is 2.44. The molecule has 2 aliphatic heterocycles. The lowest BCUT2D eigenvalue weighted by Gasteiger charge is -2.25. The number of aromatic nitrogens is 1. The fourth-order valence-electron chi connectivity index (χ4n) is 4.94. The molecule has 7 nitrogen and oxygen atoms in total. The number of aryl methyl sites for hydroxylation is 1. The zero-order valence-corrected chi connectivity index (χ0v) is 19.9. The summed E-state index contributed by atoms with van der Waals surface area (Å²) >= 11 is 6.10. The van der Waals surface area contributed by atoms with Gasteiger partial charge in [-0.15, -0.1) is 0 Å². The number of carbonyl (C=O) groups excluding carboxylic acids is 2. The van der Waals surface area contributed by atoms with Crippen LogP contribution in [-0.2, 0) is 21.4 Å². The molecule has 2 atom stereocenters. The molecule has 0 radical (unpaired) electrons. The van der Waals surface area contributed by atoms with E-state index in [1.807, 2.05) is 31.2 Å². The van der Waals surface area contributed by atoms with Crippen LogP contribution in [0.4, 0.5) is 11.4 Å². The molecule has 5 rings (SSSR count). The van der Waals surface area contributed by atoms with Gasteiger partial charge in [-0.1, -0.05) is 36.7 Å². The number of fused-ring (bicyclic) bond motifs is 1. The van der Waals surface area contributed by atoms with Crippen LogP contribution in [0.1, 0.15) is 36.1 Å². The van der Waals surface area contributed by atoms with E-state index < -0.39 is 11.3 Å². The first-order valence-corrected chi connectivity index (χ1v) is 11.7. The lowest BCUT2D eigenvalue weighted by molar-refractivity contribution is -0.124. The summed E-state index contributed by atoms with van der Waals surface area (Å²) in [5.41, 5.74) is 2.84. The molecule has 0 saturated carbocycles. The Hall–Kier alpha value is -3.16. The first-order valence-electron chi connectivity index (χ1n) is 11.3. The van der Waals surface area contributed by atoms with Gasteiger partial charge in [-0.3, -0.25) is 9.59 Å². The molecule has 3 heterocycles. The fourth-order valence-corrected chi connectivity index (χ4v) is 5.12. The Morgan fingerprint density at radius 1 is 1.29 bits per heavy atom. The van der Waals surface area contributed by atoms with Crippen LogP contribution in [0.2, 0.25) is 5.02 Å². The summed E-state index contributed by atoms with van der Waals surface area (Å²) in [6, 6.07) is 13.0. The van der Waals surface area contributed by atoms with Crippen molar-refractivity contribution in [3.05, 3.63) is 76.5 Å². The van der Waals surface area contributed by atoms with Gasteiger partial charge in [0.15, 0.2) is 5.89 Å². The Kier molecular flexibility index (Phi) is 5.70. The van der Waals surface area contributed by atoms with Gasteiger partial charge in [0.05, 0.1) is 18.7 Å². The zero-order chi connectivity index (χ0) is 24.0. The van der Waals surface area contributed by atoms with E-state index in [1.54, 1.807) is 41.1 Å². The molecule has 2 aromatic carbocycles. The van der Waals surface area contributed by atoms with E-state index in [0.29, 0.717) is 36.1 Å². The summed E-state index contributed by atoms with van der Waals surface area (Å²) in [5.74, 6) is 0.723. The molecule has 34 heavy (non-hydrogen) atoms. The fraction of sp³-hybridized carbons (Fsp3) is 0.346. The molecular formula is C26H26ClN3O4. The van der Waals surface area contributed by atoms with Crippen LogP contribution < -0.4 is 9.80 Å². The van der Waals surface area contributed by atoms with Gasteiger partial charge in [0.2, 0.25) is 11.8 Å². The number of amides is 2. The summed E-state index contributed by atoms with van der Waals surface area (Å²) in [5, 5.41) is 10.8. The average Bonchev–Trinajstić information content (AvgIpc) is 3.49. The van der Waals surface area contributed by atoms with Crippen molar-refractivity contribution in [1.29, 1.82) is 0 Å². The van der Waals surface area contributed by atoms with Crippen LogP contribution in [0.3, 0.4) is 0 Å². The number of hydrogen-bond acceptors (Lipinski definition) is 5. The predicted molar refractivity (Wildman–Crippen MR) is 129 cm³/mol. The molecule has 2 unspecified atom stereocenters. The molecule has 1 aromatic heterocycles. The zero-order valence-electron chi connectivity index (χ0n) is 19.1. The van der Waals surface area contributed by atoms with Crippen LogP contribution >= 0.6 is 11.6 Å². The van der Waals surface area contributed by atoms with Gasteiger partial charge in [-0.2, -0.15) is 0 Å². The van der Waals surface area contributed by atoms with Crippen molar-refractivity contribution in [3.63, 3.8) is 0 Å². The Labute approximate surface area is 203 Å². The Bertz CT molecular complexity index is 1270. The van der Waals surface area contributed by atoms with Gasteiger partial charge in [0, 0.05) is 54.7 Å². The Morgan fingerprint density at radius 3 is 2.82 bits per heavy atom. The van der Waals surface area contributed by atoms with Crippen LogP contribution in [0, 0.1) is 12.8 Å². The lowest BCUT2D eigenvalue weighted by atomic mass is 9.84. The second kappa shape index (κ2) is 8.56. The molecule has 1 N–H and O–H groups in total. The minimum absolute atomic E-state index is 0.0904. The SMILES string of the molecule is Cc1ncc(Cc2ccc3c(c2)C(C)(CO)CN3C(=O)C2CC(=O)N(c3cccc(Cl)c3)C2)o1. The minimum atomic E-state index is -0.590. The number of aliphatic hydroxyl groups is 1. The molecule has 0 aliphatic carbocycles. The van der Waals surface area contributed by atoms with E-state index in [-0.39, 0.29) is 24.8 Å². The number of anilines is 2. The molecule has 3 aromatic rings. The summed E-state index contributed by atoms with van der Waals surface area (Å²) < 4.78 is 5.61. The summed E-state index contributed by atoms with van der Waals surface area (Å²) in [7, 11) is 0. The van der Waals surface area contributed by atoms with E-state index in [2.05, 4.69) is 4.98 Å². The number of oxazole rings is 1. The highest BCUT2D eigenvalue weighted by Crippen LogP contribution is 2.43. The quantitative estimate of drug-likeness (QED) is 0.600. The maximum absolute atomic E-state index is 13.6. The van der Waals surface area contributed by atoms with E-state index >= 15 is 0 Å². The molecule has 1 fully saturated rings. The van der Waals surface area contributed by atoms with Gasteiger partial charge in [-0.05, 0) is 35.4 Å². The van der Waals surface area contributed by atoms with Crippen LogP contribution in [0.5, 0.6) is 0 Å². The minimum Gasteiger partial charge on any atom is -0.446 e. The van der Waals surface area contributed by atoms with Crippen LogP contribution in [-0.4, -0.2) is 41.6 Å². The highest BCUT2D eigenvalue weighted by atomic mass is 35.5. The van der Waals surface area contributed by atoms with Gasteiger partial charge in [-0.25, -0.2) is 4.98 Å². The van der Waals surface area contributed by atoms with Gasteiger partial charge in [0.1, 0.15) is 5.76 Å². The van der Waals surface area contributed by atoms with E-state index in [0.717, 1.165) is 22.6 Å². The van der Waals surface area contributed by atoms with Crippen molar-refractivity contribution in [2.24, 2.45) is 5.92 Å². The highest BCUT2D eigenvalue weighted by Gasteiger charge is 2.45. The van der Waals surface area contributed by atoms with E-state index in [9.17, 15) is 14.7 Å². The van der Waals surface area contributed by atoms with Crippen molar-refractivity contribution in [2.75, 3.05) is 29.5 Å². The number of carbonyl (C=O) groups is 2. The second-order valence-electron chi connectivity index (χ2n) is 9.40. The number of nitrogens with zero attached hydrogens (tertiary/aromatic N) is 3. The normalized spacial score (nSPS) is 21.9. The summed E-state index contributed by atoms with van der Waals surface area (Å²) in [4.78, 5) is 33.8. The van der Waals surface area contributed by atoms with Crippen molar-refractivity contribution < 1.29 is 19.1 Å². The second-order valence-corrected chi connectivity index (χ2v) is 9.84. The topological polar surface area (TPSA) is 86.9 Å². The molecule has 176 valence electrons. The van der Waals surface area contributed by atoms with Crippen molar-refractivity contribution in [2.45, 2.75) is 32.1 Å². The molecule has 2 amide bonds. The van der Waals surface area contributed by atoms with Gasteiger partial charge >= 0.3 is 0 Å². The van der Waals surface area contributed by atoms with Crippen LogP contribution in [0.15, 0.2) is 53.1 Å². The molecule has 0 spiro atoms. The Morgan fingerprint density at radius 2 is 2.12 bits per heavy atom. The third kappa shape index (κ3) is 3.99. The van der Waals surface area contributed by atoms with Crippen molar-refractivity contribution in [3.8, 4) is 0 Å². The van der Waals surface area contributed by atoms with Gasteiger partial charge in [0.25, 0.3) is 0 Å². The third-order valence-corrected chi connectivity index (χ3v) is 7.00.